The number of hydrogen-bond acceptors (Lipinski definition) is 4. The molecular formula is C62H46ClN4O2P2+. The van der Waals surface area contributed by atoms with Crippen molar-refractivity contribution < 1.29 is 9.13 Å². The van der Waals surface area contributed by atoms with Gasteiger partial charge in [0.05, 0.1) is 33.1 Å². The van der Waals surface area contributed by atoms with Gasteiger partial charge >= 0.3 is 7.80 Å². The predicted molar refractivity (Wildman–Crippen MR) is 305 cm³/mol. The standard InChI is InChI=1S/C31H23N2OP.C29H17ClN2.C2H6OP/c1-35(2,34)24-15-13-20-11-12-21(17-23(20)18-24)22-14-16-25-26-7-3-5-9-29(26)33-30-10-6-4-8-28(30)32-31(33)27(25)19-22;30-22-13-11-18-9-10-19(15-21(18)16-22)20-12-14-23-24-5-1-3-7-27(24)32-28-8-4-2-6-26(28)31-29(32)25(23)17-20;1-4(2)3/h3-19H,1-2H3;1-17H;1-2H3/q;;+1. The Morgan fingerprint density at radius 2 is 0.803 bits per heavy atom. The van der Waals surface area contributed by atoms with Gasteiger partial charge in [-0.1, -0.05) is 144 Å². The van der Waals surface area contributed by atoms with Crippen LogP contribution >= 0.6 is 26.5 Å². The van der Waals surface area contributed by atoms with Gasteiger partial charge in [0, 0.05) is 31.9 Å². The molecule has 0 N–H and O–H groups in total. The Balaban J connectivity index is 0.000000136. The van der Waals surface area contributed by atoms with Crippen molar-refractivity contribution in [2.45, 2.75) is 0 Å². The molecule has 0 saturated heterocycles. The Bertz CT molecular complexity index is 4550. The molecule has 0 saturated carbocycles. The molecule has 0 unspecified atom stereocenters. The molecule has 6 nitrogen and oxygen atoms in total. The first-order chi connectivity index (χ1) is 34.5. The summed E-state index contributed by atoms with van der Waals surface area (Å²) in [5, 5.41) is 13.4. The van der Waals surface area contributed by atoms with E-state index in [1.807, 2.05) is 43.7 Å². The van der Waals surface area contributed by atoms with Crippen molar-refractivity contribution in [1.82, 2.24) is 18.8 Å². The van der Waals surface area contributed by atoms with E-state index in [0.29, 0.717) is 0 Å². The van der Waals surface area contributed by atoms with Gasteiger partial charge < -0.3 is 4.57 Å². The third kappa shape index (κ3) is 7.99. The highest BCUT2D eigenvalue weighted by atomic mass is 35.5. The number of pyridine rings is 2. The Hall–Kier alpha value is -7.72. The minimum atomic E-state index is -2.32. The van der Waals surface area contributed by atoms with Crippen LogP contribution in [0.15, 0.2) is 206 Å². The number of fused-ring (bicyclic) bond motifs is 18. The number of hydrogen-bond donors (Lipinski definition) is 0. The summed E-state index contributed by atoms with van der Waals surface area (Å²) in [6.45, 7) is 7.00. The van der Waals surface area contributed by atoms with Crippen LogP contribution in [0.1, 0.15) is 0 Å². The molecule has 9 heteroatoms. The lowest BCUT2D eigenvalue weighted by atomic mass is 9.97. The molecular weight excluding hydrogens is 930 g/mol. The quantitative estimate of drug-likeness (QED) is 0.131. The molecule has 0 fully saturated rings. The molecule has 0 atom stereocenters. The lowest BCUT2D eigenvalue weighted by Gasteiger charge is -2.12. The third-order valence-electron chi connectivity index (χ3n) is 13.4. The highest BCUT2D eigenvalue weighted by Crippen LogP contribution is 2.39. The van der Waals surface area contributed by atoms with Crippen molar-refractivity contribution in [3.8, 4) is 22.3 Å². The fourth-order valence-electron chi connectivity index (χ4n) is 10.1. The maximum Gasteiger partial charge on any atom is 0.332 e. The Morgan fingerprint density at radius 1 is 0.408 bits per heavy atom. The normalized spacial score (nSPS) is 11.8. The summed E-state index contributed by atoms with van der Waals surface area (Å²) in [7, 11) is -3.19. The Kier molecular flexibility index (Phi) is 11.0. The molecule has 0 radical (unpaired) electrons. The van der Waals surface area contributed by atoms with Gasteiger partial charge in [0.1, 0.15) is 31.8 Å². The molecule has 14 rings (SSSR count). The minimum absolute atomic E-state index is 0.755. The van der Waals surface area contributed by atoms with Crippen LogP contribution in [0.3, 0.4) is 0 Å². The second-order valence-electron chi connectivity index (χ2n) is 18.7. The molecule has 0 aliphatic rings. The molecule has 0 aliphatic carbocycles. The van der Waals surface area contributed by atoms with Crippen molar-refractivity contribution in [3.05, 3.63) is 211 Å². The zero-order valence-corrected chi connectivity index (χ0v) is 42.1. The van der Waals surface area contributed by atoms with Gasteiger partial charge in [0.15, 0.2) is 0 Å². The number of halogens is 1. The molecule has 0 bridgehead atoms. The Morgan fingerprint density at radius 3 is 1.30 bits per heavy atom. The van der Waals surface area contributed by atoms with E-state index in [1.165, 1.54) is 49.1 Å². The van der Waals surface area contributed by atoms with Crippen LogP contribution in [0.2, 0.25) is 5.02 Å². The summed E-state index contributed by atoms with van der Waals surface area (Å²) < 4.78 is 26.8. The second-order valence-corrected chi connectivity index (χ2v) is 24.0. The fourth-order valence-corrected chi connectivity index (χ4v) is 11.2. The molecule has 0 aliphatic heterocycles. The van der Waals surface area contributed by atoms with Crippen LogP contribution < -0.4 is 5.30 Å². The summed E-state index contributed by atoms with van der Waals surface area (Å²) in [6, 6.07) is 72.4. The zero-order chi connectivity index (χ0) is 48.5. The number of rotatable bonds is 3. The van der Waals surface area contributed by atoms with E-state index < -0.39 is 14.9 Å². The summed E-state index contributed by atoms with van der Waals surface area (Å²) >= 11 is 6.24. The predicted octanol–water partition coefficient (Wildman–Crippen LogP) is 17.2. The summed E-state index contributed by atoms with van der Waals surface area (Å²) in [5.74, 6) is 0. The van der Waals surface area contributed by atoms with Crippen molar-refractivity contribution >= 4 is 130 Å². The van der Waals surface area contributed by atoms with E-state index in [9.17, 15) is 9.13 Å². The van der Waals surface area contributed by atoms with E-state index in [1.54, 1.807) is 13.3 Å². The van der Waals surface area contributed by atoms with Gasteiger partial charge in [-0.3, -0.25) is 8.80 Å². The van der Waals surface area contributed by atoms with Gasteiger partial charge in [-0.25, -0.2) is 9.97 Å². The largest absolute Gasteiger partial charge is 0.332 e. The average Bonchev–Trinajstić information content (AvgIpc) is 3.98. The van der Waals surface area contributed by atoms with Crippen molar-refractivity contribution in [2.24, 2.45) is 0 Å². The van der Waals surface area contributed by atoms with Crippen molar-refractivity contribution in [2.75, 3.05) is 26.7 Å². The van der Waals surface area contributed by atoms with E-state index in [2.05, 4.69) is 185 Å². The van der Waals surface area contributed by atoms with Gasteiger partial charge in [-0.15, -0.1) is 0 Å². The SMILES string of the molecule is CP(C)(=O)c1ccc2ccc(-c3ccc4c5ccccc5n5c6ccccc6nc5c4c3)cc2c1.C[P+](C)=O.Clc1ccc2ccc(-c3ccc4c5ccccc5n5c6ccccc6nc5c4c3)cc2c1. The molecule has 4 aromatic heterocycles. The summed E-state index contributed by atoms with van der Waals surface area (Å²) in [6.07, 6.45) is 0. The number of benzene rings is 10. The fraction of sp³-hybridized carbons (Fsp3) is 0.0645. The van der Waals surface area contributed by atoms with E-state index in [0.717, 1.165) is 81.7 Å². The summed E-state index contributed by atoms with van der Waals surface area (Å²) in [5.41, 5.74) is 13.2. The molecule has 0 amide bonds. The van der Waals surface area contributed by atoms with E-state index >= 15 is 0 Å². The van der Waals surface area contributed by atoms with E-state index in [4.69, 9.17) is 21.6 Å². The van der Waals surface area contributed by atoms with Crippen LogP contribution in [-0.4, -0.2) is 45.4 Å². The molecule has 10 aromatic carbocycles. The van der Waals surface area contributed by atoms with Crippen LogP contribution in [0.25, 0.3) is 121 Å². The average molecular weight is 976 g/mol. The third-order valence-corrected chi connectivity index (χ3v) is 15.2. The maximum absolute atomic E-state index is 12.7. The highest BCUT2D eigenvalue weighted by molar-refractivity contribution is 7.70. The van der Waals surface area contributed by atoms with Gasteiger partial charge in [-0.05, 0) is 147 Å². The zero-order valence-electron chi connectivity index (χ0n) is 39.5. The van der Waals surface area contributed by atoms with Crippen LogP contribution in [0.5, 0.6) is 0 Å². The molecule has 0 spiro atoms. The lowest BCUT2D eigenvalue weighted by Crippen LogP contribution is -2.01. The Labute approximate surface area is 416 Å². The van der Waals surface area contributed by atoms with Gasteiger partial charge in [-0.2, -0.15) is 0 Å². The topological polar surface area (TPSA) is 68.7 Å². The van der Waals surface area contributed by atoms with Crippen LogP contribution in [0.4, 0.5) is 0 Å². The first-order valence-electron chi connectivity index (χ1n) is 23.5. The number of aromatic nitrogens is 4. The monoisotopic (exact) mass is 975 g/mol. The number of nitrogens with zero attached hydrogens (tertiary/aromatic N) is 4. The second kappa shape index (κ2) is 17.6. The van der Waals surface area contributed by atoms with Crippen molar-refractivity contribution in [1.29, 1.82) is 0 Å². The molecule has 4 heterocycles. The first-order valence-corrected chi connectivity index (χ1v) is 28.7. The number of para-hydroxylation sites is 6. The first kappa shape index (κ1) is 44.5. The van der Waals surface area contributed by atoms with Gasteiger partial charge in [0.25, 0.3) is 0 Å². The maximum atomic E-state index is 12.7. The molecule has 14 aromatic rings. The minimum Gasteiger partial charge on any atom is -0.319 e. The molecule has 71 heavy (non-hydrogen) atoms. The smallest absolute Gasteiger partial charge is 0.319 e. The lowest BCUT2D eigenvalue weighted by molar-refractivity contribution is 0.588. The summed E-state index contributed by atoms with van der Waals surface area (Å²) in [4.78, 5) is 10.1. The van der Waals surface area contributed by atoms with Crippen molar-refractivity contribution in [3.63, 3.8) is 0 Å². The number of imidazole rings is 2. The van der Waals surface area contributed by atoms with E-state index in [-0.39, 0.29) is 0 Å². The van der Waals surface area contributed by atoms with Gasteiger partial charge in [0.2, 0.25) is 0 Å². The molecule has 342 valence electrons. The van der Waals surface area contributed by atoms with Crippen LogP contribution in [0, 0.1) is 0 Å². The highest BCUT2D eigenvalue weighted by Gasteiger charge is 2.17. The van der Waals surface area contributed by atoms with Crippen LogP contribution in [-0.2, 0) is 9.13 Å².